The van der Waals surface area contributed by atoms with Crippen molar-refractivity contribution in [3.05, 3.63) is 17.6 Å². The number of aromatic nitrogens is 2. The second kappa shape index (κ2) is 5.63. The van der Waals surface area contributed by atoms with Crippen molar-refractivity contribution in [1.29, 1.82) is 0 Å². The molecule has 1 aliphatic heterocycles. The van der Waals surface area contributed by atoms with Crippen molar-refractivity contribution in [3.63, 3.8) is 0 Å². The largest absolute Gasteiger partial charge is 0.396 e. The van der Waals surface area contributed by atoms with E-state index in [-0.39, 0.29) is 12.0 Å². The molecule has 0 aliphatic carbocycles. The van der Waals surface area contributed by atoms with Crippen LogP contribution in [0, 0.1) is 19.3 Å². The maximum atomic E-state index is 9.62. The zero-order valence-corrected chi connectivity index (χ0v) is 11.1. The van der Waals surface area contributed by atoms with Gasteiger partial charge in [0.1, 0.15) is 12.1 Å². The molecule has 2 N–H and O–H groups in total. The zero-order valence-electron chi connectivity index (χ0n) is 11.1. The van der Waals surface area contributed by atoms with Gasteiger partial charge in [-0.05, 0) is 26.7 Å². The van der Waals surface area contributed by atoms with Gasteiger partial charge in [-0.2, -0.15) is 0 Å². The number of aliphatic hydroxyl groups is 1. The van der Waals surface area contributed by atoms with E-state index in [4.69, 9.17) is 4.74 Å². The summed E-state index contributed by atoms with van der Waals surface area (Å²) in [6.07, 6.45) is 3.35. The molecule has 0 unspecified atom stereocenters. The summed E-state index contributed by atoms with van der Waals surface area (Å²) in [6, 6.07) is 0. The lowest BCUT2D eigenvalue weighted by Crippen LogP contribution is -2.39. The Balaban J connectivity index is 2.03. The number of nitrogens with one attached hydrogen (secondary N) is 1. The van der Waals surface area contributed by atoms with Gasteiger partial charge in [-0.1, -0.05) is 0 Å². The van der Waals surface area contributed by atoms with Crippen molar-refractivity contribution in [2.45, 2.75) is 26.7 Å². The molecule has 2 rings (SSSR count). The molecule has 0 saturated carbocycles. The maximum absolute atomic E-state index is 9.62. The van der Waals surface area contributed by atoms with Gasteiger partial charge >= 0.3 is 0 Å². The molecule has 1 aliphatic rings. The Morgan fingerprint density at radius 2 is 2.06 bits per heavy atom. The number of rotatable bonds is 4. The van der Waals surface area contributed by atoms with Crippen LogP contribution < -0.4 is 5.32 Å². The van der Waals surface area contributed by atoms with Crippen molar-refractivity contribution in [2.75, 3.05) is 31.7 Å². The van der Waals surface area contributed by atoms with Crippen LogP contribution in [-0.4, -0.2) is 41.4 Å². The number of ether oxygens (including phenoxy) is 1. The third-order valence-corrected chi connectivity index (χ3v) is 3.86. The SMILES string of the molecule is Cc1ncnc(NCC2(CO)CCOCC2)c1C. The molecule has 1 fully saturated rings. The van der Waals surface area contributed by atoms with Crippen molar-refractivity contribution in [1.82, 2.24) is 9.97 Å². The van der Waals surface area contributed by atoms with E-state index in [2.05, 4.69) is 15.3 Å². The second-order valence-electron chi connectivity index (χ2n) is 5.06. The van der Waals surface area contributed by atoms with Gasteiger partial charge in [0.2, 0.25) is 0 Å². The molecule has 2 heterocycles. The van der Waals surface area contributed by atoms with E-state index in [1.165, 1.54) is 0 Å². The molecule has 1 aromatic rings. The van der Waals surface area contributed by atoms with E-state index < -0.39 is 0 Å². The Hall–Kier alpha value is -1.20. The molecular weight excluding hydrogens is 230 g/mol. The predicted octanol–water partition coefficient (Wildman–Crippen LogP) is 1.29. The van der Waals surface area contributed by atoms with Crippen molar-refractivity contribution >= 4 is 5.82 Å². The number of nitrogens with zero attached hydrogens (tertiary/aromatic N) is 2. The van der Waals surface area contributed by atoms with Gasteiger partial charge in [-0.15, -0.1) is 0 Å². The van der Waals surface area contributed by atoms with E-state index in [0.29, 0.717) is 0 Å². The van der Waals surface area contributed by atoms with Crippen LogP contribution >= 0.6 is 0 Å². The van der Waals surface area contributed by atoms with E-state index in [0.717, 1.165) is 49.7 Å². The molecule has 18 heavy (non-hydrogen) atoms. The lowest BCUT2D eigenvalue weighted by atomic mass is 9.81. The first kappa shape index (κ1) is 13.2. The molecule has 100 valence electrons. The van der Waals surface area contributed by atoms with E-state index in [1.807, 2.05) is 13.8 Å². The van der Waals surface area contributed by atoms with Crippen LogP contribution in [0.4, 0.5) is 5.82 Å². The lowest BCUT2D eigenvalue weighted by Gasteiger charge is -2.35. The summed E-state index contributed by atoms with van der Waals surface area (Å²) >= 11 is 0. The maximum Gasteiger partial charge on any atom is 0.132 e. The Labute approximate surface area is 108 Å². The fraction of sp³-hybridized carbons (Fsp3) is 0.692. The Morgan fingerprint density at radius 1 is 1.33 bits per heavy atom. The standard InChI is InChI=1S/C13H21N3O2/c1-10-11(2)15-9-16-12(10)14-7-13(8-17)3-5-18-6-4-13/h9,17H,3-8H2,1-2H3,(H,14,15,16). The molecule has 5 nitrogen and oxygen atoms in total. The van der Waals surface area contributed by atoms with Gasteiger partial charge < -0.3 is 15.2 Å². The van der Waals surface area contributed by atoms with Gasteiger partial charge in [0.05, 0.1) is 6.61 Å². The second-order valence-corrected chi connectivity index (χ2v) is 5.06. The van der Waals surface area contributed by atoms with Crippen molar-refractivity contribution < 1.29 is 9.84 Å². The molecule has 0 amide bonds. The topological polar surface area (TPSA) is 67.3 Å². The normalized spacial score (nSPS) is 18.6. The molecule has 1 saturated heterocycles. The van der Waals surface area contributed by atoms with Gasteiger partial charge in [0, 0.05) is 36.4 Å². The molecule has 0 radical (unpaired) electrons. The van der Waals surface area contributed by atoms with Crippen LogP contribution in [0.5, 0.6) is 0 Å². The Morgan fingerprint density at radius 3 is 2.72 bits per heavy atom. The summed E-state index contributed by atoms with van der Waals surface area (Å²) in [7, 11) is 0. The highest BCUT2D eigenvalue weighted by Gasteiger charge is 2.32. The zero-order chi connectivity index (χ0) is 13.0. The molecule has 0 bridgehead atoms. The van der Waals surface area contributed by atoms with Crippen LogP contribution in [0.25, 0.3) is 0 Å². The molecule has 1 aromatic heterocycles. The number of aryl methyl sites for hydroxylation is 1. The fourth-order valence-corrected chi connectivity index (χ4v) is 2.18. The Bertz CT molecular complexity index is 403. The van der Waals surface area contributed by atoms with Crippen LogP contribution in [0.15, 0.2) is 6.33 Å². The van der Waals surface area contributed by atoms with Gasteiger partial charge in [0.15, 0.2) is 0 Å². The minimum Gasteiger partial charge on any atom is -0.396 e. The van der Waals surface area contributed by atoms with Crippen LogP contribution in [0.3, 0.4) is 0 Å². The minimum atomic E-state index is -0.0798. The monoisotopic (exact) mass is 251 g/mol. The van der Waals surface area contributed by atoms with E-state index in [1.54, 1.807) is 6.33 Å². The Kier molecular flexibility index (Phi) is 4.14. The highest BCUT2D eigenvalue weighted by atomic mass is 16.5. The first-order chi connectivity index (χ1) is 8.67. The summed E-state index contributed by atoms with van der Waals surface area (Å²) in [6.45, 7) is 6.34. The van der Waals surface area contributed by atoms with Crippen LogP contribution in [0.2, 0.25) is 0 Å². The summed E-state index contributed by atoms with van der Waals surface area (Å²) < 4.78 is 5.36. The third kappa shape index (κ3) is 2.79. The summed E-state index contributed by atoms with van der Waals surface area (Å²) in [5.74, 6) is 0.863. The predicted molar refractivity (Wildman–Crippen MR) is 69.6 cm³/mol. The van der Waals surface area contributed by atoms with Crippen LogP contribution in [-0.2, 0) is 4.74 Å². The lowest BCUT2D eigenvalue weighted by molar-refractivity contribution is -0.00862. The number of hydrogen-bond donors (Lipinski definition) is 2. The summed E-state index contributed by atoms with van der Waals surface area (Å²) in [5, 5.41) is 13.0. The van der Waals surface area contributed by atoms with Gasteiger partial charge in [-0.3, -0.25) is 0 Å². The molecule has 0 spiro atoms. The van der Waals surface area contributed by atoms with Crippen molar-refractivity contribution in [2.24, 2.45) is 5.41 Å². The molecule has 0 atom stereocenters. The van der Waals surface area contributed by atoms with E-state index >= 15 is 0 Å². The molecule has 5 heteroatoms. The van der Waals surface area contributed by atoms with Crippen molar-refractivity contribution in [3.8, 4) is 0 Å². The number of hydrogen-bond acceptors (Lipinski definition) is 5. The highest BCUT2D eigenvalue weighted by molar-refractivity contribution is 5.44. The average Bonchev–Trinajstić information content (AvgIpc) is 2.41. The smallest absolute Gasteiger partial charge is 0.132 e. The first-order valence-electron chi connectivity index (χ1n) is 6.37. The third-order valence-electron chi connectivity index (χ3n) is 3.86. The van der Waals surface area contributed by atoms with Crippen LogP contribution in [0.1, 0.15) is 24.1 Å². The number of anilines is 1. The quantitative estimate of drug-likeness (QED) is 0.844. The minimum absolute atomic E-state index is 0.0798. The number of aliphatic hydroxyl groups excluding tert-OH is 1. The van der Waals surface area contributed by atoms with Gasteiger partial charge in [-0.25, -0.2) is 9.97 Å². The fourth-order valence-electron chi connectivity index (χ4n) is 2.18. The highest BCUT2D eigenvalue weighted by Crippen LogP contribution is 2.30. The summed E-state index contributed by atoms with van der Waals surface area (Å²) in [4.78, 5) is 8.40. The molecular formula is C13H21N3O2. The van der Waals surface area contributed by atoms with Gasteiger partial charge in [0.25, 0.3) is 0 Å². The molecule has 0 aromatic carbocycles. The van der Waals surface area contributed by atoms with E-state index in [9.17, 15) is 5.11 Å². The first-order valence-corrected chi connectivity index (χ1v) is 6.37. The summed E-state index contributed by atoms with van der Waals surface area (Å²) in [5.41, 5.74) is 1.97. The average molecular weight is 251 g/mol.